The summed E-state index contributed by atoms with van der Waals surface area (Å²) in [5.74, 6) is 3.17. The summed E-state index contributed by atoms with van der Waals surface area (Å²) in [6.07, 6.45) is 0. The predicted molar refractivity (Wildman–Crippen MR) is 106 cm³/mol. The monoisotopic (exact) mass is 462 g/mol. The van der Waals surface area contributed by atoms with Gasteiger partial charge in [-0.2, -0.15) is 11.8 Å². The summed E-state index contributed by atoms with van der Waals surface area (Å²) >= 11 is 5.48. The molecule has 8 heteroatoms. The van der Waals surface area contributed by atoms with Crippen molar-refractivity contribution in [1.82, 2.24) is 14.8 Å². The molecule has 1 N–H and O–H groups in total. The Morgan fingerprint density at radius 1 is 1.26 bits per heavy atom. The van der Waals surface area contributed by atoms with Gasteiger partial charge >= 0.3 is 0 Å². The number of nitrogens with zero attached hydrogens (tertiary/aromatic N) is 3. The minimum Gasteiger partial charge on any atom is -0.325 e. The Morgan fingerprint density at radius 3 is 2.65 bits per heavy atom. The van der Waals surface area contributed by atoms with Gasteiger partial charge in [0.1, 0.15) is 5.82 Å². The van der Waals surface area contributed by atoms with Crippen LogP contribution in [0.15, 0.2) is 29.4 Å². The highest BCUT2D eigenvalue weighted by molar-refractivity contribution is 14.1. The molecule has 1 amide bonds. The highest BCUT2D eigenvalue weighted by atomic mass is 127. The van der Waals surface area contributed by atoms with E-state index >= 15 is 0 Å². The number of benzene rings is 1. The Labute approximate surface area is 158 Å². The van der Waals surface area contributed by atoms with Crippen LogP contribution in [0.4, 0.5) is 5.69 Å². The molecule has 1 heterocycles. The van der Waals surface area contributed by atoms with E-state index in [1.807, 2.05) is 36.0 Å². The number of hydrogen-bond acceptors (Lipinski definition) is 5. The van der Waals surface area contributed by atoms with Gasteiger partial charge in [0.05, 0.1) is 11.5 Å². The van der Waals surface area contributed by atoms with Crippen LogP contribution in [-0.4, -0.2) is 32.2 Å². The lowest BCUT2D eigenvalue weighted by atomic mass is 10.3. The van der Waals surface area contributed by atoms with Crippen LogP contribution in [0.3, 0.4) is 0 Å². The molecule has 0 unspecified atom stereocenters. The summed E-state index contributed by atoms with van der Waals surface area (Å²) in [7, 11) is 0. The number of carbonyl (C=O) groups is 1. The molecule has 2 rings (SSSR count). The number of anilines is 1. The van der Waals surface area contributed by atoms with Crippen molar-refractivity contribution in [2.24, 2.45) is 0 Å². The molecule has 5 nitrogen and oxygen atoms in total. The Morgan fingerprint density at radius 2 is 2.00 bits per heavy atom. The summed E-state index contributed by atoms with van der Waals surface area (Å²) in [4.78, 5) is 12.1. The number of amides is 1. The largest absolute Gasteiger partial charge is 0.325 e. The molecular formula is C15H19IN4OS2. The number of thioether (sulfide) groups is 2. The van der Waals surface area contributed by atoms with Crippen LogP contribution >= 0.6 is 46.1 Å². The van der Waals surface area contributed by atoms with E-state index in [0.717, 1.165) is 38.3 Å². The van der Waals surface area contributed by atoms with Gasteiger partial charge in [0.2, 0.25) is 5.91 Å². The lowest BCUT2D eigenvalue weighted by Crippen LogP contribution is -2.14. The maximum absolute atomic E-state index is 12.1. The van der Waals surface area contributed by atoms with E-state index in [0.29, 0.717) is 5.75 Å². The molecule has 0 spiro atoms. The van der Waals surface area contributed by atoms with Gasteiger partial charge < -0.3 is 9.88 Å². The Kier molecular flexibility index (Phi) is 7.71. The van der Waals surface area contributed by atoms with Gasteiger partial charge in [-0.05, 0) is 59.5 Å². The lowest BCUT2D eigenvalue weighted by Gasteiger charge is -2.07. The van der Waals surface area contributed by atoms with Crippen molar-refractivity contribution >= 4 is 57.7 Å². The van der Waals surface area contributed by atoms with Crippen molar-refractivity contribution in [2.45, 2.75) is 31.3 Å². The molecule has 2 aromatic rings. The quantitative estimate of drug-likeness (QED) is 0.477. The maximum atomic E-state index is 12.1. The second-order valence-corrected chi connectivity index (χ2v) is 8.09. The van der Waals surface area contributed by atoms with Gasteiger partial charge in [0, 0.05) is 15.8 Å². The van der Waals surface area contributed by atoms with E-state index in [2.05, 4.69) is 56.5 Å². The van der Waals surface area contributed by atoms with Gasteiger partial charge in [-0.3, -0.25) is 4.79 Å². The zero-order valence-corrected chi connectivity index (χ0v) is 16.9. The van der Waals surface area contributed by atoms with Crippen LogP contribution in [0.1, 0.15) is 19.7 Å². The van der Waals surface area contributed by atoms with Crippen molar-refractivity contribution in [3.63, 3.8) is 0 Å². The molecule has 23 heavy (non-hydrogen) atoms. The first kappa shape index (κ1) is 18.6. The zero-order valence-electron chi connectivity index (χ0n) is 13.1. The molecular weight excluding hydrogens is 443 g/mol. The lowest BCUT2D eigenvalue weighted by molar-refractivity contribution is -0.113. The second kappa shape index (κ2) is 9.53. The number of hydrogen-bond donors (Lipinski definition) is 1. The fraction of sp³-hybridized carbons (Fsp3) is 0.400. The van der Waals surface area contributed by atoms with Crippen LogP contribution in [0.2, 0.25) is 0 Å². The van der Waals surface area contributed by atoms with Crippen molar-refractivity contribution in [3.05, 3.63) is 33.7 Å². The molecule has 0 radical (unpaired) electrons. The first-order valence-electron chi connectivity index (χ1n) is 7.32. The summed E-state index contributed by atoms with van der Waals surface area (Å²) in [5, 5.41) is 12.1. The minimum absolute atomic E-state index is 0.0358. The van der Waals surface area contributed by atoms with E-state index in [1.165, 1.54) is 11.8 Å². The zero-order chi connectivity index (χ0) is 16.7. The molecule has 0 fully saturated rings. The maximum Gasteiger partial charge on any atom is 0.234 e. The van der Waals surface area contributed by atoms with Gasteiger partial charge in [-0.25, -0.2) is 0 Å². The van der Waals surface area contributed by atoms with Gasteiger partial charge in [0.15, 0.2) is 5.16 Å². The standard InChI is InChI=1S/C15H19IN4OS2/c1-3-20-13(9-22-4-2)18-19-15(20)23-10-14(21)17-12-7-5-11(16)6-8-12/h5-8H,3-4,9-10H2,1-2H3,(H,17,21). The fourth-order valence-electron chi connectivity index (χ4n) is 1.90. The summed E-state index contributed by atoms with van der Waals surface area (Å²) in [5.41, 5.74) is 0.813. The normalized spacial score (nSPS) is 10.7. The number of rotatable bonds is 8. The molecule has 1 aromatic carbocycles. The SMILES string of the molecule is CCSCc1nnc(SCC(=O)Nc2ccc(I)cc2)n1CC. The van der Waals surface area contributed by atoms with Crippen LogP contribution < -0.4 is 5.32 Å². The third-order valence-electron chi connectivity index (χ3n) is 3.01. The first-order chi connectivity index (χ1) is 11.1. The van der Waals surface area contributed by atoms with Gasteiger partial charge in [-0.15, -0.1) is 10.2 Å². The highest BCUT2D eigenvalue weighted by Crippen LogP contribution is 2.20. The number of carbonyl (C=O) groups excluding carboxylic acids is 1. The van der Waals surface area contributed by atoms with Gasteiger partial charge in [0.25, 0.3) is 0 Å². The molecule has 0 atom stereocenters. The van der Waals surface area contributed by atoms with Crippen LogP contribution in [0.25, 0.3) is 0 Å². The predicted octanol–water partition coefficient (Wildman–Crippen LogP) is 3.89. The van der Waals surface area contributed by atoms with E-state index in [9.17, 15) is 4.79 Å². The second-order valence-electron chi connectivity index (χ2n) is 4.62. The van der Waals surface area contributed by atoms with E-state index < -0.39 is 0 Å². The van der Waals surface area contributed by atoms with E-state index in [-0.39, 0.29) is 5.91 Å². The average molecular weight is 462 g/mol. The van der Waals surface area contributed by atoms with Crippen LogP contribution in [-0.2, 0) is 17.1 Å². The molecule has 0 saturated carbocycles. The summed E-state index contributed by atoms with van der Waals surface area (Å²) in [6, 6.07) is 7.74. The summed E-state index contributed by atoms with van der Waals surface area (Å²) < 4.78 is 3.22. The highest BCUT2D eigenvalue weighted by Gasteiger charge is 2.13. The third-order valence-corrected chi connectivity index (χ3v) is 5.56. The summed E-state index contributed by atoms with van der Waals surface area (Å²) in [6.45, 7) is 5.01. The topological polar surface area (TPSA) is 59.8 Å². The molecule has 0 saturated heterocycles. The molecule has 0 aliphatic rings. The van der Waals surface area contributed by atoms with Crippen LogP contribution in [0, 0.1) is 3.57 Å². The van der Waals surface area contributed by atoms with Crippen LogP contribution in [0.5, 0.6) is 0 Å². The Hall–Kier alpha value is -0.740. The third kappa shape index (κ3) is 5.68. The van der Waals surface area contributed by atoms with Crippen molar-refractivity contribution < 1.29 is 4.79 Å². The Balaban J connectivity index is 1.91. The number of aromatic nitrogens is 3. The molecule has 0 aliphatic heterocycles. The van der Waals surface area contributed by atoms with E-state index in [4.69, 9.17) is 0 Å². The molecule has 1 aromatic heterocycles. The van der Waals surface area contributed by atoms with E-state index in [1.54, 1.807) is 0 Å². The smallest absolute Gasteiger partial charge is 0.234 e. The molecule has 124 valence electrons. The van der Waals surface area contributed by atoms with Crippen molar-refractivity contribution in [2.75, 3.05) is 16.8 Å². The number of nitrogens with one attached hydrogen (secondary N) is 1. The van der Waals surface area contributed by atoms with Crippen molar-refractivity contribution in [1.29, 1.82) is 0 Å². The number of halogens is 1. The fourth-order valence-corrected chi connectivity index (χ4v) is 3.69. The molecule has 0 bridgehead atoms. The van der Waals surface area contributed by atoms with Crippen molar-refractivity contribution in [3.8, 4) is 0 Å². The molecule has 0 aliphatic carbocycles. The first-order valence-corrected chi connectivity index (χ1v) is 10.5. The van der Waals surface area contributed by atoms with Gasteiger partial charge in [-0.1, -0.05) is 18.7 Å². The Bertz CT molecular complexity index is 645. The minimum atomic E-state index is -0.0358. The average Bonchev–Trinajstić information content (AvgIpc) is 2.95.